The minimum absolute atomic E-state index is 0.160. The molecule has 0 atom stereocenters. The molecule has 2 aromatic carbocycles. The maximum Gasteiger partial charge on any atom is 0.336 e. The molecule has 0 aliphatic rings. The van der Waals surface area contributed by atoms with Crippen LogP contribution in [0.2, 0.25) is 0 Å². The minimum Gasteiger partial charge on any atom is -0.493 e. The van der Waals surface area contributed by atoms with Crippen molar-refractivity contribution in [1.29, 1.82) is 0 Å². The lowest BCUT2D eigenvalue weighted by Crippen LogP contribution is -2.08. The molecule has 1 amide bonds. The predicted octanol–water partition coefficient (Wildman–Crippen LogP) is 4.29. The van der Waals surface area contributed by atoms with E-state index in [1.54, 1.807) is 24.3 Å². The Kier molecular flexibility index (Phi) is 4.59. The van der Waals surface area contributed by atoms with Gasteiger partial charge in [0.05, 0.1) is 5.52 Å². The molecular weight excluding hydrogens is 374 g/mol. The van der Waals surface area contributed by atoms with Crippen LogP contribution in [0.5, 0.6) is 11.6 Å². The molecule has 8 nitrogen and oxygen atoms in total. The van der Waals surface area contributed by atoms with E-state index >= 15 is 0 Å². The van der Waals surface area contributed by atoms with Crippen molar-refractivity contribution in [1.82, 2.24) is 4.98 Å². The van der Waals surface area contributed by atoms with Crippen LogP contribution in [0.3, 0.4) is 0 Å². The molecule has 0 aliphatic carbocycles. The van der Waals surface area contributed by atoms with Crippen LogP contribution in [0, 0.1) is 13.8 Å². The molecule has 0 saturated carbocycles. The summed E-state index contributed by atoms with van der Waals surface area (Å²) in [5.41, 5.74) is 2.58. The average Bonchev–Trinajstić information content (AvgIpc) is 3.01. The molecule has 0 radical (unpaired) electrons. The number of aryl methyl sites for hydroxylation is 2. The van der Waals surface area contributed by atoms with E-state index < -0.39 is 11.5 Å². The summed E-state index contributed by atoms with van der Waals surface area (Å²) in [5.74, 6) is -0.427. The van der Waals surface area contributed by atoms with Crippen LogP contribution < -0.4 is 10.4 Å². The normalized spacial score (nSPS) is 11.5. The van der Waals surface area contributed by atoms with E-state index in [4.69, 9.17) is 9.15 Å². The van der Waals surface area contributed by atoms with Gasteiger partial charge in [-0.2, -0.15) is 0 Å². The lowest BCUT2D eigenvalue weighted by Gasteiger charge is -2.05. The highest BCUT2D eigenvalue weighted by Gasteiger charge is 2.12. The van der Waals surface area contributed by atoms with Gasteiger partial charge in [-0.1, -0.05) is 18.2 Å². The Morgan fingerprint density at radius 3 is 2.79 bits per heavy atom. The van der Waals surface area contributed by atoms with Crippen LogP contribution in [0.25, 0.3) is 21.9 Å². The number of benzene rings is 2. The van der Waals surface area contributed by atoms with Gasteiger partial charge < -0.3 is 19.2 Å². The monoisotopic (exact) mass is 391 g/mol. The summed E-state index contributed by atoms with van der Waals surface area (Å²) in [5, 5.41) is 19.0. The number of nitrogens with zero attached hydrogens (tertiary/aromatic N) is 2. The van der Waals surface area contributed by atoms with Crippen LogP contribution >= 0.6 is 0 Å². The van der Waals surface area contributed by atoms with E-state index in [1.165, 1.54) is 6.07 Å². The molecule has 2 aromatic heterocycles. The number of carbonyl (C=O) groups excluding carboxylic acids is 1. The number of H-pyrrole nitrogens is 1. The van der Waals surface area contributed by atoms with Crippen LogP contribution in [0.1, 0.15) is 11.1 Å². The third kappa shape index (κ3) is 3.60. The Morgan fingerprint density at radius 2 is 1.97 bits per heavy atom. The first-order valence-electron chi connectivity index (χ1n) is 8.84. The predicted molar refractivity (Wildman–Crippen MR) is 107 cm³/mol. The highest BCUT2D eigenvalue weighted by atomic mass is 16.5. The Hall–Kier alpha value is -3.94. The number of aromatic nitrogens is 1. The van der Waals surface area contributed by atoms with Crippen LogP contribution in [0.4, 0.5) is 5.69 Å². The lowest BCUT2D eigenvalue weighted by molar-refractivity contribution is -0.120. The third-order valence-corrected chi connectivity index (χ3v) is 4.54. The van der Waals surface area contributed by atoms with Gasteiger partial charge in [-0.05, 0) is 37.1 Å². The number of rotatable bonds is 4. The number of amides is 1. The van der Waals surface area contributed by atoms with Crippen molar-refractivity contribution in [2.24, 2.45) is 10.2 Å². The molecule has 0 saturated heterocycles. The fourth-order valence-corrected chi connectivity index (χ4v) is 3.11. The SMILES string of the molecule is Cc1cc(=O)oc2cc(OCC(=O)N=Nc3c(O)[nH]c4c(C)cccc34)ccc12. The number of carbonyl (C=O) groups is 1. The van der Waals surface area contributed by atoms with Gasteiger partial charge >= 0.3 is 11.5 Å². The summed E-state index contributed by atoms with van der Waals surface area (Å²) >= 11 is 0. The Labute approximate surface area is 164 Å². The quantitative estimate of drug-likeness (QED) is 0.398. The fraction of sp³-hybridized carbons (Fsp3) is 0.143. The molecule has 0 bridgehead atoms. The van der Waals surface area contributed by atoms with E-state index in [2.05, 4.69) is 15.2 Å². The number of hydrogen-bond acceptors (Lipinski definition) is 6. The summed E-state index contributed by atoms with van der Waals surface area (Å²) in [6, 6.07) is 11.9. The van der Waals surface area contributed by atoms with Gasteiger partial charge in [-0.3, -0.25) is 4.79 Å². The van der Waals surface area contributed by atoms with Crippen molar-refractivity contribution in [3.05, 3.63) is 64.0 Å². The number of aromatic hydroxyl groups is 1. The van der Waals surface area contributed by atoms with Gasteiger partial charge in [-0.25, -0.2) is 4.79 Å². The highest BCUT2D eigenvalue weighted by molar-refractivity contribution is 5.96. The number of nitrogens with one attached hydrogen (secondary N) is 1. The Bertz CT molecular complexity index is 1330. The van der Waals surface area contributed by atoms with Gasteiger partial charge in [0.25, 0.3) is 0 Å². The number of hydrogen-bond donors (Lipinski definition) is 2. The first-order valence-corrected chi connectivity index (χ1v) is 8.84. The van der Waals surface area contributed by atoms with E-state index in [0.29, 0.717) is 16.7 Å². The smallest absolute Gasteiger partial charge is 0.336 e. The first kappa shape index (κ1) is 18.4. The molecule has 0 unspecified atom stereocenters. The second kappa shape index (κ2) is 7.23. The van der Waals surface area contributed by atoms with E-state index in [9.17, 15) is 14.7 Å². The van der Waals surface area contributed by atoms with Crippen LogP contribution in [-0.4, -0.2) is 22.6 Å². The second-order valence-corrected chi connectivity index (χ2v) is 6.61. The summed E-state index contributed by atoms with van der Waals surface area (Å²) in [4.78, 5) is 26.4. The maximum atomic E-state index is 12.0. The number of ether oxygens (including phenoxy) is 1. The molecule has 146 valence electrons. The molecule has 0 aliphatic heterocycles. The van der Waals surface area contributed by atoms with Gasteiger partial charge in [0.2, 0.25) is 5.88 Å². The van der Waals surface area contributed by atoms with Gasteiger partial charge in [0, 0.05) is 22.9 Å². The molecule has 29 heavy (non-hydrogen) atoms. The standard InChI is InChI=1S/C21H17N3O5/c1-11-4-3-5-15-19(11)22-21(27)20(15)24-23-17(25)10-28-13-6-7-14-12(2)8-18(26)29-16(14)9-13/h3-9,22,27H,10H2,1-2H3. The Balaban J connectivity index is 1.50. The van der Waals surface area contributed by atoms with E-state index in [0.717, 1.165) is 22.0 Å². The molecule has 4 aromatic rings. The average molecular weight is 391 g/mol. The molecule has 2 heterocycles. The topological polar surface area (TPSA) is 117 Å². The number of fused-ring (bicyclic) bond motifs is 2. The van der Waals surface area contributed by atoms with E-state index in [-0.39, 0.29) is 18.2 Å². The zero-order valence-corrected chi connectivity index (χ0v) is 15.7. The van der Waals surface area contributed by atoms with Crippen molar-refractivity contribution >= 4 is 33.5 Å². The third-order valence-electron chi connectivity index (χ3n) is 4.54. The lowest BCUT2D eigenvalue weighted by atomic mass is 10.1. The molecule has 0 fully saturated rings. The number of aromatic amines is 1. The fourth-order valence-electron chi connectivity index (χ4n) is 3.11. The van der Waals surface area contributed by atoms with Gasteiger partial charge in [0.1, 0.15) is 11.3 Å². The van der Waals surface area contributed by atoms with Crippen LogP contribution in [-0.2, 0) is 4.79 Å². The van der Waals surface area contributed by atoms with Crippen molar-refractivity contribution in [3.8, 4) is 11.6 Å². The zero-order valence-electron chi connectivity index (χ0n) is 15.7. The minimum atomic E-state index is -0.628. The second-order valence-electron chi connectivity index (χ2n) is 6.61. The summed E-state index contributed by atoms with van der Waals surface area (Å²) in [6.07, 6.45) is 0. The highest BCUT2D eigenvalue weighted by Crippen LogP contribution is 2.36. The molecule has 2 N–H and O–H groups in total. The van der Waals surface area contributed by atoms with Crippen molar-refractivity contribution < 1.29 is 19.1 Å². The molecule has 4 rings (SSSR count). The first-order chi connectivity index (χ1) is 13.9. The van der Waals surface area contributed by atoms with Crippen LogP contribution in [0.15, 0.2) is 61.9 Å². The Morgan fingerprint density at radius 1 is 1.14 bits per heavy atom. The molecular formula is C21H17N3O5. The summed E-state index contributed by atoms with van der Waals surface area (Å²) < 4.78 is 10.6. The van der Waals surface area contributed by atoms with Gasteiger partial charge in [-0.15, -0.1) is 10.2 Å². The van der Waals surface area contributed by atoms with Crippen molar-refractivity contribution in [3.63, 3.8) is 0 Å². The largest absolute Gasteiger partial charge is 0.493 e. The van der Waals surface area contributed by atoms with Crippen molar-refractivity contribution in [2.45, 2.75) is 13.8 Å². The maximum absolute atomic E-state index is 12.0. The van der Waals surface area contributed by atoms with Gasteiger partial charge in [0.15, 0.2) is 12.3 Å². The molecule has 0 spiro atoms. The zero-order chi connectivity index (χ0) is 20.5. The molecule has 8 heteroatoms. The summed E-state index contributed by atoms with van der Waals surface area (Å²) in [7, 11) is 0. The number of azo groups is 1. The summed E-state index contributed by atoms with van der Waals surface area (Å²) in [6.45, 7) is 3.35. The van der Waals surface area contributed by atoms with Crippen molar-refractivity contribution in [2.75, 3.05) is 6.61 Å². The van der Waals surface area contributed by atoms with E-state index in [1.807, 2.05) is 26.0 Å². The number of para-hydroxylation sites is 1.